The topological polar surface area (TPSA) is 48.2 Å². The van der Waals surface area contributed by atoms with Crippen molar-refractivity contribution in [2.75, 3.05) is 0 Å². The van der Waals surface area contributed by atoms with Crippen LogP contribution >= 0.6 is 0 Å². The summed E-state index contributed by atoms with van der Waals surface area (Å²) in [5, 5.41) is 3.43. The van der Waals surface area contributed by atoms with E-state index in [0.717, 1.165) is 6.42 Å². The molecule has 1 atom stereocenters. The highest BCUT2D eigenvalue weighted by atomic mass is 16.2. The quantitative estimate of drug-likeness (QED) is 0.247. The maximum absolute atomic E-state index is 11.3. The van der Waals surface area contributed by atoms with Crippen LogP contribution in [0.25, 0.3) is 0 Å². The summed E-state index contributed by atoms with van der Waals surface area (Å²) in [5.41, 5.74) is 0. The Labute approximate surface area is 142 Å². The molecule has 1 aliphatic rings. The second-order valence-corrected chi connectivity index (χ2v) is 6.76. The van der Waals surface area contributed by atoms with Crippen LogP contribution in [0.15, 0.2) is 12.2 Å². The van der Waals surface area contributed by atoms with Crippen molar-refractivity contribution in [2.24, 2.45) is 5.92 Å². The predicted molar refractivity (Wildman–Crippen MR) is 95.1 cm³/mol. The Morgan fingerprint density at radius 2 is 1.39 bits per heavy atom. The van der Waals surface area contributed by atoms with Crippen molar-refractivity contribution in [2.45, 2.75) is 96.8 Å². The molecule has 0 aromatic heterocycles. The van der Waals surface area contributed by atoms with Crippen LogP contribution < -0.4 is 5.32 Å². The molecule has 0 aliphatic carbocycles. The molecule has 0 aromatic rings. The second-order valence-electron chi connectivity index (χ2n) is 6.76. The molecule has 131 valence electrons. The zero-order valence-corrected chi connectivity index (χ0v) is 14.9. The molecule has 2 amide bonds. The van der Waals surface area contributed by atoms with E-state index >= 15 is 0 Å². The summed E-state index contributed by atoms with van der Waals surface area (Å²) in [4.78, 5) is 22.3. The average molecular weight is 320 g/mol. The van der Waals surface area contributed by atoms with Gasteiger partial charge in [0.25, 0.3) is 5.91 Å². The summed E-state index contributed by atoms with van der Waals surface area (Å²) in [5.74, 6) is -0.809. The summed E-state index contributed by atoms with van der Waals surface area (Å²) >= 11 is 0. The zero-order valence-electron chi connectivity index (χ0n) is 14.9. The molecule has 1 fully saturated rings. The number of nitrogens with zero attached hydrogens (tertiary/aromatic N) is 1. The highest BCUT2D eigenvalue weighted by Crippen LogP contribution is 2.15. The number of hydrogen-bond donors (Lipinski definition) is 0. The molecule has 1 unspecified atom stereocenters. The zero-order chi connectivity index (χ0) is 16.8. The van der Waals surface area contributed by atoms with Crippen molar-refractivity contribution in [1.82, 2.24) is 5.32 Å². The number of imide groups is 1. The Morgan fingerprint density at radius 1 is 0.870 bits per heavy atom. The van der Waals surface area contributed by atoms with Crippen LogP contribution in [-0.2, 0) is 9.59 Å². The summed E-state index contributed by atoms with van der Waals surface area (Å²) in [6.07, 6.45) is 21.5. The number of unbranched alkanes of at least 4 members (excludes halogenated alkanes) is 12. The molecule has 1 radical (unpaired) electrons. The molecular weight excluding hydrogens is 286 g/mol. The molecule has 0 spiro atoms. The first-order valence-electron chi connectivity index (χ1n) is 9.69. The Hall–Kier alpha value is -1.12. The number of amides is 2. The van der Waals surface area contributed by atoms with Crippen LogP contribution in [0.4, 0.5) is 0 Å². The standard InChI is InChI=1S/C20H34NO2/c1-2-3-4-5-6-7-8-9-10-11-12-13-14-15-16-18-17-19(22)21-20(18)23/h15-16,18H,2-14,17H2,1H3/b16-15+. The van der Waals surface area contributed by atoms with Gasteiger partial charge in [-0.15, -0.1) is 0 Å². The maximum Gasteiger partial charge on any atom is 0.256 e. The van der Waals surface area contributed by atoms with Crippen molar-refractivity contribution in [3.63, 3.8) is 0 Å². The molecule has 3 nitrogen and oxygen atoms in total. The molecule has 1 aliphatic heterocycles. The largest absolute Gasteiger partial charge is 0.272 e. The number of hydrogen-bond acceptors (Lipinski definition) is 2. The third-order valence-corrected chi connectivity index (χ3v) is 4.54. The third kappa shape index (κ3) is 10.3. The first-order valence-corrected chi connectivity index (χ1v) is 9.69. The van der Waals surface area contributed by atoms with E-state index < -0.39 is 0 Å². The molecule has 0 aromatic carbocycles. The van der Waals surface area contributed by atoms with Crippen LogP contribution in [0.2, 0.25) is 0 Å². The van der Waals surface area contributed by atoms with Gasteiger partial charge in [-0.05, 0) is 12.8 Å². The molecule has 0 saturated carbocycles. The summed E-state index contributed by atoms with van der Waals surface area (Å²) in [7, 11) is 0. The minimum absolute atomic E-state index is 0.263. The number of carbonyl (C=O) groups excluding carboxylic acids is 2. The van der Waals surface area contributed by atoms with E-state index in [2.05, 4.69) is 12.2 Å². The number of rotatable bonds is 14. The Morgan fingerprint density at radius 3 is 1.87 bits per heavy atom. The number of carbonyl (C=O) groups is 2. The van der Waals surface area contributed by atoms with Crippen LogP contribution in [0.1, 0.15) is 96.8 Å². The molecule has 0 N–H and O–H groups in total. The van der Waals surface area contributed by atoms with Gasteiger partial charge in [-0.1, -0.05) is 89.7 Å². The molecule has 23 heavy (non-hydrogen) atoms. The molecule has 1 heterocycles. The van der Waals surface area contributed by atoms with Crippen LogP contribution in [0.3, 0.4) is 0 Å². The van der Waals surface area contributed by atoms with Gasteiger partial charge in [0.05, 0.1) is 5.92 Å². The Balaban J connectivity index is 1.81. The van der Waals surface area contributed by atoms with Gasteiger partial charge >= 0.3 is 0 Å². The van der Waals surface area contributed by atoms with Crippen molar-refractivity contribution in [3.8, 4) is 0 Å². The minimum Gasteiger partial charge on any atom is -0.272 e. The monoisotopic (exact) mass is 320 g/mol. The van der Waals surface area contributed by atoms with Crippen molar-refractivity contribution >= 4 is 11.8 Å². The van der Waals surface area contributed by atoms with E-state index in [1.165, 1.54) is 77.0 Å². The van der Waals surface area contributed by atoms with Gasteiger partial charge in [-0.25, -0.2) is 0 Å². The van der Waals surface area contributed by atoms with E-state index in [1.54, 1.807) is 0 Å². The van der Waals surface area contributed by atoms with E-state index in [9.17, 15) is 9.59 Å². The maximum atomic E-state index is 11.3. The van der Waals surface area contributed by atoms with Crippen molar-refractivity contribution < 1.29 is 9.59 Å². The Bertz CT molecular complexity index is 363. The normalized spacial score (nSPS) is 18.0. The van der Waals surface area contributed by atoms with Gasteiger partial charge in [-0.2, -0.15) is 5.32 Å². The third-order valence-electron chi connectivity index (χ3n) is 4.54. The summed E-state index contributed by atoms with van der Waals surface area (Å²) in [6.45, 7) is 2.26. The first-order chi connectivity index (χ1) is 11.2. The van der Waals surface area contributed by atoms with Gasteiger partial charge < -0.3 is 0 Å². The predicted octanol–water partition coefficient (Wildman–Crippen LogP) is 5.31. The SMILES string of the molecule is CCCCCCCCCCCCCC/C=C/C1CC(=O)[N]C1=O. The lowest BCUT2D eigenvalue weighted by atomic mass is 10.0. The summed E-state index contributed by atoms with van der Waals surface area (Å²) in [6, 6.07) is 0. The molecule has 1 rings (SSSR count). The average Bonchev–Trinajstić information content (AvgIpc) is 2.85. The minimum atomic E-state index is -0.278. The van der Waals surface area contributed by atoms with E-state index in [-0.39, 0.29) is 24.2 Å². The fraction of sp³-hybridized carbons (Fsp3) is 0.800. The Kier molecular flexibility index (Phi) is 11.5. The lowest BCUT2D eigenvalue weighted by Gasteiger charge is -2.02. The number of allylic oxidation sites excluding steroid dienone is 1. The first kappa shape index (κ1) is 19.9. The highest BCUT2D eigenvalue weighted by molar-refractivity contribution is 6.03. The van der Waals surface area contributed by atoms with Gasteiger partial charge in [-0.3, -0.25) is 9.59 Å². The fourth-order valence-electron chi connectivity index (χ4n) is 3.04. The molecule has 3 heteroatoms. The molecular formula is C20H34NO2. The van der Waals surface area contributed by atoms with Gasteiger partial charge in [0, 0.05) is 6.42 Å². The van der Waals surface area contributed by atoms with Crippen LogP contribution in [0.5, 0.6) is 0 Å². The lowest BCUT2D eigenvalue weighted by molar-refractivity contribution is -0.125. The fourth-order valence-corrected chi connectivity index (χ4v) is 3.04. The van der Waals surface area contributed by atoms with Crippen LogP contribution in [0, 0.1) is 5.92 Å². The lowest BCUT2D eigenvalue weighted by Crippen LogP contribution is -2.13. The van der Waals surface area contributed by atoms with E-state index in [4.69, 9.17) is 0 Å². The molecule has 0 bridgehead atoms. The molecule has 1 saturated heterocycles. The van der Waals surface area contributed by atoms with E-state index in [1.807, 2.05) is 12.2 Å². The van der Waals surface area contributed by atoms with Gasteiger partial charge in [0.1, 0.15) is 0 Å². The second kappa shape index (κ2) is 13.3. The summed E-state index contributed by atoms with van der Waals surface area (Å²) < 4.78 is 0. The smallest absolute Gasteiger partial charge is 0.256 e. The van der Waals surface area contributed by atoms with Crippen LogP contribution in [-0.4, -0.2) is 11.8 Å². The van der Waals surface area contributed by atoms with E-state index in [0.29, 0.717) is 0 Å². The van der Waals surface area contributed by atoms with Crippen molar-refractivity contribution in [1.29, 1.82) is 0 Å². The van der Waals surface area contributed by atoms with Gasteiger partial charge in [0.15, 0.2) is 0 Å². The van der Waals surface area contributed by atoms with Gasteiger partial charge in [0.2, 0.25) is 5.91 Å². The highest BCUT2D eigenvalue weighted by Gasteiger charge is 2.30. The van der Waals surface area contributed by atoms with Crippen molar-refractivity contribution in [3.05, 3.63) is 12.2 Å².